The van der Waals surface area contributed by atoms with Crippen molar-refractivity contribution in [3.05, 3.63) is 87.6 Å². The highest BCUT2D eigenvalue weighted by molar-refractivity contribution is 9.09. The lowest BCUT2D eigenvalue weighted by atomic mass is 9.89. The van der Waals surface area contributed by atoms with Gasteiger partial charge < -0.3 is 49.4 Å². The van der Waals surface area contributed by atoms with Crippen LogP contribution in [0.4, 0.5) is 0 Å². The van der Waals surface area contributed by atoms with E-state index < -0.39 is 36.3 Å². The van der Waals surface area contributed by atoms with E-state index in [2.05, 4.69) is 69.7 Å². The highest BCUT2D eigenvalue weighted by Gasteiger charge is 2.43. The molecule has 1 saturated heterocycles. The SMILES string of the molecule is CCC(C)C(C(CC(=O)N1CCCC1C(OC)C(C)C(=O)NC(Cc1ccccc1)c1nccs1)OC)N(C)C(=O)C(NC(=O)C(C(C)C)N(C)CCOCCOCCOCCNC(=O)c1ccc2nc(CBr)c(CBr)nc2c1)C(C)C. The van der Waals surface area contributed by atoms with Crippen molar-refractivity contribution in [1.82, 2.24) is 45.6 Å². The number of halogens is 2. The van der Waals surface area contributed by atoms with Crippen LogP contribution in [-0.2, 0) is 59.9 Å². The Kier molecular flexibility index (Phi) is 29.2. The second-order valence-corrected chi connectivity index (χ2v) is 23.8. The van der Waals surface area contributed by atoms with E-state index in [0.29, 0.717) is 100 Å². The number of nitrogens with one attached hydrogen (secondary N) is 3. The van der Waals surface area contributed by atoms with Gasteiger partial charge in [0.05, 0.1) is 111 Å². The molecule has 2 aromatic carbocycles. The lowest BCUT2D eigenvalue weighted by molar-refractivity contribution is -0.148. The monoisotopic (exact) mass is 1290 g/mol. The van der Waals surface area contributed by atoms with Crippen molar-refractivity contribution in [2.45, 2.75) is 134 Å². The zero-order chi connectivity index (χ0) is 59.9. The second-order valence-electron chi connectivity index (χ2n) is 21.8. The molecule has 82 heavy (non-hydrogen) atoms. The van der Waals surface area contributed by atoms with Gasteiger partial charge in [-0.25, -0.2) is 15.0 Å². The molecule has 1 aliphatic heterocycles. The minimum atomic E-state index is -0.851. The molecule has 0 spiro atoms. The van der Waals surface area contributed by atoms with Crippen molar-refractivity contribution < 1.29 is 47.7 Å². The van der Waals surface area contributed by atoms with Crippen LogP contribution < -0.4 is 16.0 Å². The lowest BCUT2D eigenvalue weighted by Crippen LogP contribution is -2.60. The largest absolute Gasteiger partial charge is 0.379 e. The first-order chi connectivity index (χ1) is 39.4. The number of likely N-dealkylation sites (tertiary alicyclic amines) is 1. The van der Waals surface area contributed by atoms with Crippen molar-refractivity contribution in [3.63, 3.8) is 0 Å². The van der Waals surface area contributed by atoms with Gasteiger partial charge in [0.25, 0.3) is 5.91 Å². The summed E-state index contributed by atoms with van der Waals surface area (Å²) >= 11 is 8.41. The van der Waals surface area contributed by atoms with Gasteiger partial charge in [-0.15, -0.1) is 11.3 Å². The number of fused-ring (bicyclic) bond motifs is 1. The minimum Gasteiger partial charge on any atom is -0.379 e. The van der Waals surface area contributed by atoms with E-state index in [0.717, 1.165) is 33.9 Å². The number of methoxy groups -OCH3 is 2. The van der Waals surface area contributed by atoms with E-state index in [1.807, 2.05) is 94.1 Å². The number of thiazole rings is 1. The first kappa shape index (κ1) is 68.3. The summed E-state index contributed by atoms with van der Waals surface area (Å²) in [6.45, 7) is 17.1. The fraction of sp³-hybridized carbons (Fsp3) is 0.633. The molecule has 5 amide bonds. The van der Waals surface area contributed by atoms with Crippen LogP contribution in [0.25, 0.3) is 11.0 Å². The van der Waals surface area contributed by atoms with Crippen molar-refractivity contribution in [1.29, 1.82) is 0 Å². The molecule has 2 aromatic heterocycles. The molecule has 0 bridgehead atoms. The van der Waals surface area contributed by atoms with Crippen LogP contribution in [0.15, 0.2) is 60.1 Å². The van der Waals surface area contributed by atoms with Gasteiger partial charge in [-0.3, -0.25) is 28.9 Å². The van der Waals surface area contributed by atoms with Crippen molar-refractivity contribution in [3.8, 4) is 0 Å². The number of carbonyl (C=O) groups excluding carboxylic acids is 5. The van der Waals surface area contributed by atoms with E-state index in [-0.39, 0.29) is 65.8 Å². The maximum atomic E-state index is 14.7. The fourth-order valence-corrected chi connectivity index (χ4v) is 12.3. The summed E-state index contributed by atoms with van der Waals surface area (Å²) in [5.41, 5.74) is 4.63. The molecular formula is C60H89Br2N9O10S. The van der Waals surface area contributed by atoms with Gasteiger partial charge in [0.15, 0.2) is 0 Å². The van der Waals surface area contributed by atoms with E-state index in [1.54, 1.807) is 50.6 Å². The number of ether oxygens (including phenoxy) is 5. The molecule has 1 aliphatic rings. The highest BCUT2D eigenvalue weighted by Crippen LogP contribution is 2.31. The smallest absolute Gasteiger partial charge is 0.251 e. The van der Waals surface area contributed by atoms with Crippen LogP contribution in [0.2, 0.25) is 0 Å². The van der Waals surface area contributed by atoms with Gasteiger partial charge in [-0.1, -0.05) is 117 Å². The zero-order valence-electron chi connectivity index (χ0n) is 49.9. The van der Waals surface area contributed by atoms with Crippen LogP contribution in [-0.4, -0.2) is 183 Å². The number of hydrogen-bond donors (Lipinski definition) is 3. The summed E-state index contributed by atoms with van der Waals surface area (Å²) in [5.74, 6) is -2.06. The number of amides is 5. The first-order valence-corrected chi connectivity index (χ1v) is 31.8. The predicted octanol–water partition coefficient (Wildman–Crippen LogP) is 7.77. The van der Waals surface area contributed by atoms with E-state index in [1.165, 1.54) is 11.3 Å². The van der Waals surface area contributed by atoms with E-state index in [4.69, 9.17) is 23.7 Å². The Bertz CT molecular complexity index is 2610. The third kappa shape index (κ3) is 19.5. The lowest BCUT2D eigenvalue weighted by Gasteiger charge is -2.41. The molecule has 9 atom stereocenters. The van der Waals surface area contributed by atoms with Crippen molar-refractivity contribution in [2.24, 2.45) is 23.7 Å². The third-order valence-corrected chi connectivity index (χ3v) is 17.4. The number of rotatable bonds is 36. The maximum Gasteiger partial charge on any atom is 0.251 e. The Morgan fingerprint density at radius 3 is 2.06 bits per heavy atom. The molecule has 0 aliphatic carbocycles. The molecule has 1 fully saturated rings. The quantitative estimate of drug-likeness (QED) is 0.0293. The molecule has 5 rings (SSSR count). The second kappa shape index (κ2) is 35.1. The van der Waals surface area contributed by atoms with Gasteiger partial charge in [0.2, 0.25) is 23.6 Å². The van der Waals surface area contributed by atoms with E-state index in [9.17, 15) is 24.0 Å². The molecule has 19 nitrogen and oxygen atoms in total. The number of carbonyl (C=O) groups is 5. The van der Waals surface area contributed by atoms with Crippen LogP contribution in [0.5, 0.6) is 0 Å². The summed E-state index contributed by atoms with van der Waals surface area (Å²) in [4.78, 5) is 89.6. The Morgan fingerprint density at radius 1 is 0.805 bits per heavy atom. The Balaban J connectivity index is 1.07. The molecule has 0 saturated carbocycles. The maximum absolute atomic E-state index is 14.7. The summed E-state index contributed by atoms with van der Waals surface area (Å²) < 4.78 is 29.5. The van der Waals surface area contributed by atoms with Crippen molar-refractivity contribution in [2.75, 3.05) is 87.6 Å². The zero-order valence-corrected chi connectivity index (χ0v) is 53.9. The Morgan fingerprint density at radius 2 is 1.46 bits per heavy atom. The van der Waals surface area contributed by atoms with Crippen LogP contribution in [0.3, 0.4) is 0 Å². The van der Waals surface area contributed by atoms with Crippen LogP contribution in [0, 0.1) is 23.7 Å². The molecular weight excluding hydrogens is 1200 g/mol. The van der Waals surface area contributed by atoms with Gasteiger partial charge in [-0.2, -0.15) is 0 Å². The molecule has 0 radical (unpaired) electrons. The average molecular weight is 1290 g/mol. The van der Waals surface area contributed by atoms with Gasteiger partial charge in [0, 0.05) is 68.7 Å². The number of nitrogens with zero attached hydrogens (tertiary/aromatic N) is 6. The topological polar surface area (TPSA) is 216 Å². The molecule has 9 unspecified atom stereocenters. The number of benzene rings is 2. The molecule has 4 aromatic rings. The molecule has 3 N–H and O–H groups in total. The number of aromatic nitrogens is 3. The van der Waals surface area contributed by atoms with Gasteiger partial charge in [0.1, 0.15) is 11.0 Å². The fourth-order valence-electron chi connectivity index (χ4n) is 10.8. The van der Waals surface area contributed by atoms with Crippen LogP contribution in [0.1, 0.15) is 113 Å². The summed E-state index contributed by atoms with van der Waals surface area (Å²) in [7, 11) is 6.78. The Labute approximate surface area is 506 Å². The highest BCUT2D eigenvalue weighted by atomic mass is 79.9. The van der Waals surface area contributed by atoms with Gasteiger partial charge >= 0.3 is 0 Å². The normalized spacial score (nSPS) is 16.6. The molecule has 454 valence electrons. The summed E-state index contributed by atoms with van der Waals surface area (Å²) in [6.07, 6.45) is 3.22. The van der Waals surface area contributed by atoms with E-state index >= 15 is 0 Å². The Hall–Kier alpha value is -4.52. The summed E-state index contributed by atoms with van der Waals surface area (Å²) in [6, 6.07) is 12.7. The van der Waals surface area contributed by atoms with Crippen molar-refractivity contribution >= 4 is 83.8 Å². The number of alkyl halides is 2. The van der Waals surface area contributed by atoms with Crippen LogP contribution >= 0.6 is 43.2 Å². The molecule has 22 heteroatoms. The standard InChI is InChI=1S/C60H89Br2N9O10S/c1-12-40(6)54(50(77-10)35-51(72)71-24-16-19-49(71)55(78-11)41(7)56(73)67-46(59-64-23-32-82-59)33-42-17-14-13-15-18-42)70(9)60(76)52(38(2)3)68-58(75)53(39(4)5)69(8)25-27-80-29-31-81-30-28-79-26-22-63-57(74)43-20-21-44-45(34-43)66-48(37-62)47(36-61)65-44/h13-15,17-18,20-21,23,32,34,38-41,46,49-50,52-55H,12,16,19,22,24-31,33,35-37H2,1-11H3,(H,63,74)(H,67,73)(H,68,75). The summed E-state index contributed by atoms with van der Waals surface area (Å²) in [5, 5.41) is 13.1. The third-order valence-electron chi connectivity index (χ3n) is 15.4. The average Bonchev–Trinajstić information content (AvgIpc) is 4.27. The predicted molar refractivity (Wildman–Crippen MR) is 327 cm³/mol. The number of hydrogen-bond acceptors (Lipinski definition) is 15. The number of likely N-dealkylation sites (N-methyl/N-ethyl adjacent to an activating group) is 2. The first-order valence-electron chi connectivity index (χ1n) is 28.7. The minimum absolute atomic E-state index is 0.00703. The molecule has 3 heterocycles. The van der Waals surface area contributed by atoms with Gasteiger partial charge in [-0.05, 0) is 67.8 Å².